The number of benzene rings is 2. The van der Waals surface area contributed by atoms with Gasteiger partial charge in [0.2, 0.25) is 0 Å². The maximum atomic E-state index is 12.5. The van der Waals surface area contributed by atoms with Crippen molar-refractivity contribution >= 4 is 23.5 Å². The number of esters is 1. The van der Waals surface area contributed by atoms with E-state index in [2.05, 4.69) is 5.32 Å². The Hall–Kier alpha value is -2.37. The standard InChI is InChI=1S/C19H20ClNO4/c1-24-12-13-7-9-14(10-8-13)19(23)21-17(11-18(22)25-2)15-5-3-4-6-16(15)20/h3-10,17H,11-12H2,1-2H3,(H,21,23)/t17-/m0/s1. The Morgan fingerprint density at radius 1 is 1.08 bits per heavy atom. The lowest BCUT2D eigenvalue weighted by Gasteiger charge is -2.19. The van der Waals surface area contributed by atoms with E-state index in [1.165, 1.54) is 7.11 Å². The molecular formula is C19H20ClNO4. The maximum absolute atomic E-state index is 12.5. The van der Waals surface area contributed by atoms with Crippen LogP contribution in [0.4, 0.5) is 0 Å². The summed E-state index contributed by atoms with van der Waals surface area (Å²) in [7, 11) is 2.92. The monoisotopic (exact) mass is 361 g/mol. The molecule has 0 bridgehead atoms. The number of hydrogen-bond donors (Lipinski definition) is 1. The Balaban J connectivity index is 2.19. The Kier molecular flexibility index (Phi) is 6.98. The average Bonchev–Trinajstić information content (AvgIpc) is 2.62. The van der Waals surface area contributed by atoms with E-state index in [9.17, 15) is 9.59 Å². The summed E-state index contributed by atoms with van der Waals surface area (Å²) in [5, 5.41) is 3.33. The zero-order valence-electron chi connectivity index (χ0n) is 14.1. The van der Waals surface area contributed by atoms with Crippen LogP contribution in [-0.2, 0) is 20.9 Å². The van der Waals surface area contributed by atoms with Gasteiger partial charge in [-0.25, -0.2) is 0 Å². The van der Waals surface area contributed by atoms with E-state index in [-0.39, 0.29) is 12.3 Å². The summed E-state index contributed by atoms with van der Waals surface area (Å²) in [4.78, 5) is 24.3. The maximum Gasteiger partial charge on any atom is 0.307 e. The fraction of sp³-hybridized carbons (Fsp3) is 0.263. The minimum atomic E-state index is -0.577. The Morgan fingerprint density at radius 3 is 2.36 bits per heavy atom. The summed E-state index contributed by atoms with van der Waals surface area (Å²) in [6.45, 7) is 0.479. The van der Waals surface area contributed by atoms with E-state index in [0.717, 1.165) is 5.56 Å². The normalized spacial score (nSPS) is 11.6. The lowest BCUT2D eigenvalue weighted by atomic mass is 10.0. The van der Waals surface area contributed by atoms with Crippen molar-refractivity contribution < 1.29 is 19.1 Å². The van der Waals surface area contributed by atoms with Crippen LogP contribution < -0.4 is 5.32 Å². The zero-order valence-corrected chi connectivity index (χ0v) is 14.9. The number of amides is 1. The predicted octanol–water partition coefficient (Wildman–Crippen LogP) is 3.52. The number of carbonyl (C=O) groups is 2. The molecule has 132 valence electrons. The predicted molar refractivity (Wildman–Crippen MR) is 95.4 cm³/mol. The number of ether oxygens (including phenoxy) is 2. The number of methoxy groups -OCH3 is 2. The van der Waals surface area contributed by atoms with Crippen LogP contribution >= 0.6 is 11.6 Å². The van der Waals surface area contributed by atoms with Gasteiger partial charge in [0.05, 0.1) is 26.2 Å². The summed E-state index contributed by atoms with van der Waals surface area (Å²) in [5.74, 6) is -0.724. The van der Waals surface area contributed by atoms with E-state index in [0.29, 0.717) is 22.8 Å². The van der Waals surface area contributed by atoms with E-state index >= 15 is 0 Å². The van der Waals surface area contributed by atoms with Crippen molar-refractivity contribution in [2.24, 2.45) is 0 Å². The van der Waals surface area contributed by atoms with Gasteiger partial charge in [0.15, 0.2) is 0 Å². The van der Waals surface area contributed by atoms with Crippen molar-refractivity contribution in [3.8, 4) is 0 Å². The van der Waals surface area contributed by atoms with Crippen LogP contribution in [0.15, 0.2) is 48.5 Å². The third-order valence-corrected chi connectivity index (χ3v) is 4.06. The van der Waals surface area contributed by atoms with Gasteiger partial charge in [-0.1, -0.05) is 41.9 Å². The molecule has 0 saturated carbocycles. The van der Waals surface area contributed by atoms with E-state index in [4.69, 9.17) is 21.1 Å². The first-order valence-corrected chi connectivity index (χ1v) is 8.13. The Bertz CT molecular complexity index is 730. The van der Waals surface area contributed by atoms with Crippen LogP contribution in [0.2, 0.25) is 5.02 Å². The fourth-order valence-corrected chi connectivity index (χ4v) is 2.67. The molecule has 0 spiro atoms. The van der Waals surface area contributed by atoms with Crippen molar-refractivity contribution in [1.29, 1.82) is 0 Å². The minimum Gasteiger partial charge on any atom is -0.469 e. The van der Waals surface area contributed by atoms with Crippen molar-refractivity contribution in [2.75, 3.05) is 14.2 Å². The van der Waals surface area contributed by atoms with Crippen LogP contribution in [-0.4, -0.2) is 26.1 Å². The molecule has 0 aliphatic rings. The molecule has 1 atom stereocenters. The first kappa shape index (κ1) is 19.0. The van der Waals surface area contributed by atoms with Gasteiger partial charge in [-0.2, -0.15) is 0 Å². The van der Waals surface area contributed by atoms with Crippen molar-refractivity contribution in [3.05, 3.63) is 70.2 Å². The minimum absolute atomic E-state index is 0.00622. The average molecular weight is 362 g/mol. The second-order valence-electron chi connectivity index (χ2n) is 5.46. The Labute approximate surface area is 151 Å². The van der Waals surface area contributed by atoms with Gasteiger partial charge in [-0.3, -0.25) is 9.59 Å². The fourth-order valence-electron chi connectivity index (χ4n) is 2.41. The molecule has 0 aromatic heterocycles. The number of nitrogens with one attached hydrogen (secondary N) is 1. The summed E-state index contributed by atoms with van der Waals surface area (Å²) < 4.78 is 9.78. The molecule has 0 fully saturated rings. The van der Waals surface area contributed by atoms with Crippen LogP contribution in [0.5, 0.6) is 0 Å². The molecule has 0 radical (unpaired) electrons. The first-order chi connectivity index (χ1) is 12.0. The number of halogens is 1. The molecular weight excluding hydrogens is 342 g/mol. The van der Waals surface area contributed by atoms with E-state index < -0.39 is 12.0 Å². The number of carbonyl (C=O) groups excluding carboxylic acids is 2. The van der Waals surface area contributed by atoms with Gasteiger partial charge in [0.1, 0.15) is 0 Å². The third-order valence-electron chi connectivity index (χ3n) is 3.71. The molecule has 2 aromatic carbocycles. The molecule has 2 aromatic rings. The largest absolute Gasteiger partial charge is 0.469 e. The van der Waals surface area contributed by atoms with E-state index in [1.54, 1.807) is 43.5 Å². The quantitative estimate of drug-likeness (QED) is 0.766. The van der Waals surface area contributed by atoms with E-state index in [1.807, 2.05) is 12.1 Å². The molecule has 1 amide bonds. The van der Waals surface area contributed by atoms with Crippen LogP contribution in [0.25, 0.3) is 0 Å². The van der Waals surface area contributed by atoms with Gasteiger partial charge in [-0.15, -0.1) is 0 Å². The number of hydrogen-bond acceptors (Lipinski definition) is 4. The molecule has 0 aliphatic carbocycles. The summed E-state index contributed by atoms with van der Waals surface area (Å²) in [6.07, 6.45) is -0.00622. The molecule has 25 heavy (non-hydrogen) atoms. The van der Waals surface area contributed by atoms with Crippen molar-refractivity contribution in [1.82, 2.24) is 5.32 Å². The number of rotatable bonds is 7. The summed E-state index contributed by atoms with van der Waals surface area (Å²) in [5.41, 5.74) is 2.12. The highest BCUT2D eigenvalue weighted by atomic mass is 35.5. The molecule has 0 unspecified atom stereocenters. The smallest absolute Gasteiger partial charge is 0.307 e. The molecule has 0 aliphatic heterocycles. The van der Waals surface area contributed by atoms with Crippen LogP contribution in [0, 0.1) is 0 Å². The zero-order chi connectivity index (χ0) is 18.2. The molecule has 6 heteroatoms. The summed E-state index contributed by atoms with van der Waals surface area (Å²) in [6, 6.07) is 13.6. The van der Waals surface area contributed by atoms with Gasteiger partial charge >= 0.3 is 5.97 Å². The van der Waals surface area contributed by atoms with Crippen LogP contribution in [0.1, 0.15) is 33.9 Å². The second kappa shape index (κ2) is 9.20. The topological polar surface area (TPSA) is 64.6 Å². The molecule has 1 N–H and O–H groups in total. The second-order valence-corrected chi connectivity index (χ2v) is 5.86. The molecule has 5 nitrogen and oxygen atoms in total. The Morgan fingerprint density at radius 2 is 1.76 bits per heavy atom. The lowest BCUT2D eigenvalue weighted by Crippen LogP contribution is -2.30. The third kappa shape index (κ3) is 5.31. The highest BCUT2D eigenvalue weighted by Gasteiger charge is 2.21. The van der Waals surface area contributed by atoms with Crippen molar-refractivity contribution in [3.63, 3.8) is 0 Å². The highest BCUT2D eigenvalue weighted by Crippen LogP contribution is 2.26. The van der Waals surface area contributed by atoms with Gasteiger partial charge in [0.25, 0.3) is 5.91 Å². The SMILES string of the molecule is COCc1ccc(C(=O)N[C@@H](CC(=O)OC)c2ccccc2Cl)cc1. The van der Waals surface area contributed by atoms with Gasteiger partial charge in [0, 0.05) is 17.7 Å². The summed E-state index contributed by atoms with van der Waals surface area (Å²) >= 11 is 6.21. The van der Waals surface area contributed by atoms with Gasteiger partial charge < -0.3 is 14.8 Å². The van der Waals surface area contributed by atoms with Crippen molar-refractivity contribution in [2.45, 2.75) is 19.1 Å². The lowest BCUT2D eigenvalue weighted by molar-refractivity contribution is -0.141. The highest BCUT2D eigenvalue weighted by molar-refractivity contribution is 6.31. The van der Waals surface area contributed by atoms with Gasteiger partial charge in [-0.05, 0) is 29.3 Å². The first-order valence-electron chi connectivity index (χ1n) is 7.75. The molecule has 2 rings (SSSR count). The molecule has 0 saturated heterocycles. The molecule has 0 heterocycles. The van der Waals surface area contributed by atoms with Crippen LogP contribution in [0.3, 0.4) is 0 Å².